The van der Waals surface area contributed by atoms with Crippen LogP contribution < -0.4 is 0 Å². The second-order valence-electron chi connectivity index (χ2n) is 7.29. The van der Waals surface area contributed by atoms with Crippen LogP contribution in [0.1, 0.15) is 32.1 Å². The van der Waals surface area contributed by atoms with Gasteiger partial charge in [-0.15, -0.1) is 11.8 Å². The molecule has 0 atom stereocenters. The van der Waals surface area contributed by atoms with Crippen LogP contribution in [-0.2, 0) is 6.54 Å². The van der Waals surface area contributed by atoms with Crippen molar-refractivity contribution in [2.24, 2.45) is 5.92 Å². The van der Waals surface area contributed by atoms with Crippen LogP contribution >= 0.6 is 11.8 Å². The van der Waals surface area contributed by atoms with Gasteiger partial charge >= 0.3 is 0 Å². The van der Waals surface area contributed by atoms with Crippen molar-refractivity contribution in [3.8, 4) is 22.4 Å². The van der Waals surface area contributed by atoms with E-state index in [0.29, 0.717) is 5.92 Å². The van der Waals surface area contributed by atoms with Crippen LogP contribution in [0.3, 0.4) is 0 Å². The van der Waals surface area contributed by atoms with Crippen LogP contribution in [0.25, 0.3) is 22.4 Å². The van der Waals surface area contributed by atoms with Gasteiger partial charge in [0, 0.05) is 17.7 Å². The highest BCUT2D eigenvalue weighted by Crippen LogP contribution is 2.40. The predicted octanol–water partition coefficient (Wildman–Crippen LogP) is 6.66. The third kappa shape index (κ3) is 3.96. The first kappa shape index (κ1) is 18.3. The van der Waals surface area contributed by atoms with E-state index in [1.54, 1.807) is 23.9 Å². The Kier molecular flexibility index (Phi) is 5.63. The Morgan fingerprint density at radius 2 is 1.67 bits per heavy atom. The van der Waals surface area contributed by atoms with Crippen LogP contribution in [0.5, 0.6) is 0 Å². The van der Waals surface area contributed by atoms with E-state index in [-0.39, 0.29) is 5.82 Å². The van der Waals surface area contributed by atoms with Crippen molar-refractivity contribution in [2.75, 3.05) is 6.26 Å². The first-order chi connectivity index (χ1) is 13.3. The van der Waals surface area contributed by atoms with Gasteiger partial charge in [0.25, 0.3) is 0 Å². The summed E-state index contributed by atoms with van der Waals surface area (Å²) in [4.78, 5) is 0. The zero-order valence-corrected chi connectivity index (χ0v) is 16.5. The molecule has 1 heterocycles. The van der Waals surface area contributed by atoms with Gasteiger partial charge in [-0.1, -0.05) is 49.6 Å². The quantitative estimate of drug-likeness (QED) is 0.461. The second-order valence-corrected chi connectivity index (χ2v) is 8.09. The van der Waals surface area contributed by atoms with Gasteiger partial charge in [0.05, 0.1) is 5.69 Å². The molecular formula is C23H25FN2S. The van der Waals surface area contributed by atoms with E-state index in [9.17, 15) is 4.39 Å². The Bertz CT molecular complexity index is 881. The molecule has 1 aliphatic rings. The summed E-state index contributed by atoms with van der Waals surface area (Å²) in [6.07, 6.45) is 8.62. The molecule has 3 aromatic rings. The maximum atomic E-state index is 13.5. The molecule has 0 saturated heterocycles. The fourth-order valence-corrected chi connectivity index (χ4v) is 4.69. The van der Waals surface area contributed by atoms with Crippen molar-refractivity contribution < 1.29 is 4.39 Å². The minimum absolute atomic E-state index is 0.205. The van der Waals surface area contributed by atoms with E-state index < -0.39 is 0 Å². The summed E-state index contributed by atoms with van der Waals surface area (Å²) in [6, 6.07) is 17.3. The monoisotopic (exact) mass is 380 g/mol. The number of hydrogen-bond donors (Lipinski definition) is 0. The molecule has 1 saturated carbocycles. The zero-order valence-electron chi connectivity index (χ0n) is 15.7. The van der Waals surface area contributed by atoms with Gasteiger partial charge in [0.1, 0.15) is 10.8 Å². The van der Waals surface area contributed by atoms with Crippen LogP contribution in [0.2, 0.25) is 0 Å². The number of hydrogen-bond acceptors (Lipinski definition) is 2. The Morgan fingerprint density at radius 3 is 2.33 bits per heavy atom. The van der Waals surface area contributed by atoms with E-state index >= 15 is 0 Å². The Hall–Kier alpha value is -2.07. The number of aromatic nitrogens is 2. The minimum atomic E-state index is -0.205. The minimum Gasteiger partial charge on any atom is -0.263 e. The largest absolute Gasteiger partial charge is 0.263 e. The van der Waals surface area contributed by atoms with Crippen molar-refractivity contribution in [3.05, 3.63) is 60.4 Å². The van der Waals surface area contributed by atoms with Gasteiger partial charge in [-0.05, 0) is 54.8 Å². The molecule has 4 rings (SSSR count). The van der Waals surface area contributed by atoms with Crippen molar-refractivity contribution in [1.82, 2.24) is 9.78 Å². The Balaban J connectivity index is 1.84. The molecule has 140 valence electrons. The second kappa shape index (κ2) is 8.30. The summed E-state index contributed by atoms with van der Waals surface area (Å²) < 4.78 is 15.7. The standard InChI is InChI=1S/C23H25FN2S/c1-27-23-21(18-10-6-3-7-11-18)22(19-12-14-20(24)15-13-19)26(25-23)16-17-8-4-2-5-9-17/h3,6-7,10-15,17H,2,4-5,8-9,16H2,1H3. The number of rotatable bonds is 5. The molecule has 0 aliphatic heterocycles. The smallest absolute Gasteiger partial charge is 0.126 e. The average molecular weight is 381 g/mol. The number of benzene rings is 2. The summed E-state index contributed by atoms with van der Waals surface area (Å²) in [7, 11) is 0. The molecule has 0 radical (unpaired) electrons. The molecule has 27 heavy (non-hydrogen) atoms. The van der Waals surface area contributed by atoms with Gasteiger partial charge in [0.2, 0.25) is 0 Å². The maximum absolute atomic E-state index is 13.5. The predicted molar refractivity (Wildman–Crippen MR) is 111 cm³/mol. The van der Waals surface area contributed by atoms with Gasteiger partial charge in [-0.2, -0.15) is 5.10 Å². The third-order valence-electron chi connectivity index (χ3n) is 5.45. The lowest BCUT2D eigenvalue weighted by Crippen LogP contribution is -2.16. The van der Waals surface area contributed by atoms with Crippen LogP contribution in [0.15, 0.2) is 59.6 Å². The SMILES string of the molecule is CSc1nn(CC2CCCCC2)c(-c2ccc(F)cc2)c1-c1ccccc1. The highest BCUT2D eigenvalue weighted by atomic mass is 32.2. The highest BCUT2D eigenvalue weighted by molar-refractivity contribution is 7.98. The summed E-state index contributed by atoms with van der Waals surface area (Å²) in [5.74, 6) is 0.472. The third-order valence-corrected chi connectivity index (χ3v) is 6.12. The molecule has 0 unspecified atom stereocenters. The first-order valence-electron chi connectivity index (χ1n) is 9.72. The lowest BCUT2D eigenvalue weighted by atomic mass is 9.89. The lowest BCUT2D eigenvalue weighted by Gasteiger charge is -2.22. The van der Waals surface area contributed by atoms with Crippen molar-refractivity contribution >= 4 is 11.8 Å². The summed E-state index contributed by atoms with van der Waals surface area (Å²) in [6.45, 7) is 0.938. The first-order valence-corrected chi connectivity index (χ1v) is 10.9. The van der Waals surface area contributed by atoms with E-state index in [4.69, 9.17) is 5.10 Å². The zero-order chi connectivity index (χ0) is 18.6. The summed E-state index contributed by atoms with van der Waals surface area (Å²) in [5.41, 5.74) is 4.46. The van der Waals surface area contributed by atoms with Gasteiger partial charge in [0.15, 0.2) is 0 Å². The van der Waals surface area contributed by atoms with Gasteiger partial charge < -0.3 is 0 Å². The number of nitrogens with zero attached hydrogens (tertiary/aromatic N) is 2. The lowest BCUT2D eigenvalue weighted by molar-refractivity contribution is 0.308. The molecule has 0 bridgehead atoms. The molecule has 0 N–H and O–H groups in total. The normalized spacial score (nSPS) is 15.2. The molecular weight excluding hydrogens is 355 g/mol. The highest BCUT2D eigenvalue weighted by Gasteiger charge is 2.23. The van der Waals surface area contributed by atoms with E-state index in [2.05, 4.69) is 35.2 Å². The molecule has 2 aromatic carbocycles. The molecule has 1 aliphatic carbocycles. The number of thioether (sulfide) groups is 1. The fraction of sp³-hybridized carbons (Fsp3) is 0.348. The molecule has 1 fully saturated rings. The van der Waals surface area contributed by atoms with Crippen molar-refractivity contribution in [3.63, 3.8) is 0 Å². The molecule has 0 spiro atoms. The van der Waals surface area contributed by atoms with Crippen LogP contribution in [0.4, 0.5) is 4.39 Å². The van der Waals surface area contributed by atoms with E-state index in [1.807, 2.05) is 18.2 Å². The van der Waals surface area contributed by atoms with E-state index in [1.165, 1.54) is 32.1 Å². The average Bonchev–Trinajstić information content (AvgIpc) is 3.08. The van der Waals surface area contributed by atoms with Gasteiger partial charge in [-0.25, -0.2) is 4.39 Å². The molecule has 0 amide bonds. The topological polar surface area (TPSA) is 17.8 Å². The maximum Gasteiger partial charge on any atom is 0.126 e. The summed E-state index contributed by atoms with van der Waals surface area (Å²) >= 11 is 1.68. The summed E-state index contributed by atoms with van der Waals surface area (Å²) in [5, 5.41) is 6.02. The molecule has 1 aromatic heterocycles. The van der Waals surface area contributed by atoms with Crippen molar-refractivity contribution in [1.29, 1.82) is 0 Å². The van der Waals surface area contributed by atoms with Gasteiger partial charge in [-0.3, -0.25) is 4.68 Å². The van der Waals surface area contributed by atoms with Crippen LogP contribution in [-0.4, -0.2) is 16.0 Å². The fourth-order valence-electron chi connectivity index (χ4n) is 4.10. The van der Waals surface area contributed by atoms with Crippen molar-refractivity contribution in [2.45, 2.75) is 43.7 Å². The number of halogens is 1. The Morgan fingerprint density at radius 1 is 0.963 bits per heavy atom. The van der Waals surface area contributed by atoms with Crippen LogP contribution in [0, 0.1) is 11.7 Å². The Labute approximate surface area is 164 Å². The van der Waals surface area contributed by atoms with E-state index in [0.717, 1.165) is 34.0 Å². The molecule has 2 nitrogen and oxygen atoms in total. The molecule has 4 heteroatoms.